The molecule has 0 aromatic heterocycles. The van der Waals surface area contributed by atoms with E-state index >= 15 is 0 Å². The predicted molar refractivity (Wildman–Crippen MR) is 125 cm³/mol. The van der Waals surface area contributed by atoms with Gasteiger partial charge in [-0.15, -0.1) is 0 Å². The van der Waals surface area contributed by atoms with Gasteiger partial charge in [0.15, 0.2) is 10.2 Å². The molecule has 0 aliphatic rings. The van der Waals surface area contributed by atoms with Gasteiger partial charge in [0.1, 0.15) is 11.5 Å². The predicted octanol–water partition coefficient (Wildman–Crippen LogP) is 2.72. The fourth-order valence-electron chi connectivity index (χ4n) is 2.73. The van der Waals surface area contributed by atoms with Crippen LogP contribution < -0.4 is 31.0 Å². The molecule has 2 aromatic rings. The Morgan fingerprint density at radius 2 is 1.52 bits per heavy atom. The molecule has 0 atom stereocenters. The van der Waals surface area contributed by atoms with Crippen molar-refractivity contribution in [1.29, 1.82) is 0 Å². The van der Waals surface area contributed by atoms with Gasteiger partial charge in [-0.05, 0) is 73.0 Å². The summed E-state index contributed by atoms with van der Waals surface area (Å²) in [6.45, 7) is 1.44. The first-order valence-electron chi connectivity index (χ1n) is 9.45. The summed E-state index contributed by atoms with van der Waals surface area (Å²) in [4.78, 5) is 0. The number of hydrogen-bond acceptors (Lipinski definition) is 4. The maximum atomic E-state index is 5.39. The fraction of sp³-hybridized carbons (Fsp3) is 0.333. The molecule has 156 valence electrons. The van der Waals surface area contributed by atoms with Crippen LogP contribution in [0.5, 0.6) is 11.5 Å². The molecular formula is C21H28N4O2S2. The molecule has 0 aliphatic carbocycles. The van der Waals surface area contributed by atoms with Crippen molar-refractivity contribution in [2.24, 2.45) is 0 Å². The monoisotopic (exact) mass is 432 g/mol. The highest BCUT2D eigenvalue weighted by Crippen LogP contribution is 2.24. The SMILES string of the molecule is COc1ccc(OC)c(CCNC(=S)NNC(=S)NCCCc2ccccc2)c1. The molecule has 0 fully saturated rings. The summed E-state index contributed by atoms with van der Waals surface area (Å²) in [6.07, 6.45) is 2.75. The van der Waals surface area contributed by atoms with Gasteiger partial charge < -0.3 is 20.1 Å². The third-order valence-electron chi connectivity index (χ3n) is 4.23. The lowest BCUT2D eigenvalue weighted by Crippen LogP contribution is -2.50. The van der Waals surface area contributed by atoms with Gasteiger partial charge in [-0.3, -0.25) is 10.9 Å². The number of nitrogens with one attached hydrogen (secondary N) is 4. The van der Waals surface area contributed by atoms with E-state index < -0.39 is 0 Å². The summed E-state index contributed by atoms with van der Waals surface area (Å²) in [5.41, 5.74) is 8.15. The average Bonchev–Trinajstić information content (AvgIpc) is 2.76. The molecule has 0 amide bonds. The lowest BCUT2D eigenvalue weighted by atomic mass is 10.1. The van der Waals surface area contributed by atoms with Crippen LogP contribution >= 0.6 is 24.4 Å². The molecule has 0 saturated carbocycles. The van der Waals surface area contributed by atoms with E-state index in [2.05, 4.69) is 45.8 Å². The van der Waals surface area contributed by atoms with Crippen LogP contribution in [0.4, 0.5) is 0 Å². The molecule has 8 heteroatoms. The number of benzene rings is 2. The molecule has 0 bridgehead atoms. The van der Waals surface area contributed by atoms with Gasteiger partial charge in [0, 0.05) is 13.1 Å². The topological polar surface area (TPSA) is 66.6 Å². The van der Waals surface area contributed by atoms with Gasteiger partial charge in [-0.2, -0.15) is 0 Å². The van der Waals surface area contributed by atoms with Crippen LogP contribution in [0, 0.1) is 0 Å². The van der Waals surface area contributed by atoms with Crippen molar-refractivity contribution in [3.05, 3.63) is 59.7 Å². The van der Waals surface area contributed by atoms with E-state index in [-0.39, 0.29) is 0 Å². The largest absolute Gasteiger partial charge is 0.497 e. The summed E-state index contributed by atoms with van der Waals surface area (Å²) in [6, 6.07) is 16.1. The summed E-state index contributed by atoms with van der Waals surface area (Å²) in [5, 5.41) is 7.28. The molecule has 29 heavy (non-hydrogen) atoms. The zero-order valence-electron chi connectivity index (χ0n) is 16.8. The Morgan fingerprint density at radius 3 is 2.17 bits per heavy atom. The normalized spacial score (nSPS) is 10.0. The van der Waals surface area contributed by atoms with Crippen molar-refractivity contribution in [3.63, 3.8) is 0 Å². The maximum Gasteiger partial charge on any atom is 0.185 e. The Balaban J connectivity index is 1.60. The summed E-state index contributed by atoms with van der Waals surface area (Å²) < 4.78 is 10.7. The third-order valence-corrected chi connectivity index (χ3v) is 4.72. The Hall–Kier alpha value is -2.58. The summed E-state index contributed by atoms with van der Waals surface area (Å²) in [7, 11) is 3.30. The minimum absolute atomic E-state index is 0.472. The van der Waals surface area contributed by atoms with Crippen LogP contribution in [0.1, 0.15) is 17.5 Å². The van der Waals surface area contributed by atoms with E-state index in [0.717, 1.165) is 42.9 Å². The number of thiocarbonyl (C=S) groups is 2. The molecule has 0 spiro atoms. The molecule has 2 rings (SSSR count). The summed E-state index contributed by atoms with van der Waals surface area (Å²) >= 11 is 10.5. The van der Waals surface area contributed by atoms with Gasteiger partial charge in [0.2, 0.25) is 0 Å². The highest BCUT2D eigenvalue weighted by Gasteiger charge is 2.05. The minimum atomic E-state index is 0.472. The van der Waals surface area contributed by atoms with Crippen molar-refractivity contribution >= 4 is 34.7 Å². The summed E-state index contributed by atoms with van der Waals surface area (Å²) in [5.74, 6) is 1.62. The highest BCUT2D eigenvalue weighted by atomic mass is 32.1. The molecule has 0 saturated heterocycles. The molecule has 6 nitrogen and oxygen atoms in total. The molecule has 0 aliphatic heterocycles. The van der Waals surface area contributed by atoms with E-state index in [1.807, 2.05) is 24.3 Å². The minimum Gasteiger partial charge on any atom is -0.497 e. The van der Waals surface area contributed by atoms with Crippen molar-refractivity contribution < 1.29 is 9.47 Å². The standard InChI is InChI=1S/C21H28N4O2S2/c1-26-18-10-11-19(27-2)17(15-18)12-14-23-21(29)25-24-20(28)22-13-6-9-16-7-4-3-5-8-16/h3-5,7-8,10-11,15H,6,9,12-14H2,1-2H3,(H2,22,24,28)(H2,23,25,29). The van der Waals surface area contributed by atoms with Crippen molar-refractivity contribution in [1.82, 2.24) is 21.5 Å². The number of ether oxygens (including phenoxy) is 2. The van der Waals surface area contributed by atoms with Gasteiger partial charge in [-0.25, -0.2) is 0 Å². The van der Waals surface area contributed by atoms with Crippen molar-refractivity contribution in [2.75, 3.05) is 27.3 Å². The molecule has 4 N–H and O–H groups in total. The molecule has 0 unspecified atom stereocenters. The van der Waals surface area contributed by atoms with Crippen molar-refractivity contribution in [3.8, 4) is 11.5 Å². The van der Waals surface area contributed by atoms with Crippen LogP contribution in [-0.4, -0.2) is 37.5 Å². The Kier molecular flexibility index (Phi) is 10.0. The first-order chi connectivity index (χ1) is 14.1. The second kappa shape index (κ2) is 12.8. The molecule has 2 aromatic carbocycles. The van der Waals surface area contributed by atoms with E-state index in [0.29, 0.717) is 16.8 Å². The number of aryl methyl sites for hydroxylation is 1. The van der Waals surface area contributed by atoms with E-state index in [1.165, 1.54) is 5.56 Å². The van der Waals surface area contributed by atoms with Crippen molar-refractivity contribution in [2.45, 2.75) is 19.3 Å². The number of rotatable bonds is 9. The van der Waals surface area contributed by atoms with Crippen LogP contribution in [-0.2, 0) is 12.8 Å². The van der Waals surface area contributed by atoms with Crippen LogP contribution in [0.15, 0.2) is 48.5 Å². The van der Waals surface area contributed by atoms with Gasteiger partial charge in [0.05, 0.1) is 14.2 Å². The number of hydrogen-bond donors (Lipinski definition) is 4. The second-order valence-corrected chi connectivity index (χ2v) is 7.10. The van der Waals surface area contributed by atoms with E-state index in [1.54, 1.807) is 14.2 Å². The van der Waals surface area contributed by atoms with Crippen LogP contribution in [0.2, 0.25) is 0 Å². The smallest absolute Gasteiger partial charge is 0.185 e. The fourth-order valence-corrected chi connectivity index (χ4v) is 3.04. The zero-order valence-corrected chi connectivity index (χ0v) is 18.4. The van der Waals surface area contributed by atoms with Gasteiger partial charge in [-0.1, -0.05) is 30.3 Å². The molecule has 0 heterocycles. The zero-order chi connectivity index (χ0) is 20.9. The Morgan fingerprint density at radius 1 is 0.828 bits per heavy atom. The van der Waals surface area contributed by atoms with Gasteiger partial charge >= 0.3 is 0 Å². The van der Waals surface area contributed by atoms with Crippen LogP contribution in [0.3, 0.4) is 0 Å². The van der Waals surface area contributed by atoms with Gasteiger partial charge in [0.25, 0.3) is 0 Å². The third kappa shape index (κ3) is 8.53. The first kappa shape index (κ1) is 22.7. The lowest BCUT2D eigenvalue weighted by Gasteiger charge is -2.15. The molecule has 0 radical (unpaired) electrons. The maximum absolute atomic E-state index is 5.39. The quantitative estimate of drug-likeness (QED) is 0.274. The first-order valence-corrected chi connectivity index (χ1v) is 10.3. The van der Waals surface area contributed by atoms with E-state index in [4.69, 9.17) is 33.9 Å². The average molecular weight is 433 g/mol. The number of hydrazine groups is 1. The number of methoxy groups -OCH3 is 2. The molecular weight excluding hydrogens is 404 g/mol. The second-order valence-electron chi connectivity index (χ2n) is 6.28. The lowest BCUT2D eigenvalue weighted by molar-refractivity contribution is 0.398. The highest BCUT2D eigenvalue weighted by molar-refractivity contribution is 7.80. The van der Waals surface area contributed by atoms with E-state index in [9.17, 15) is 0 Å². The Labute approximate surface area is 183 Å². The van der Waals surface area contributed by atoms with Crippen LogP contribution in [0.25, 0.3) is 0 Å². The Bertz CT molecular complexity index is 788.